The molecule has 1 N–H and O–H groups in total. The first-order chi connectivity index (χ1) is 11.9. The third-order valence-corrected chi connectivity index (χ3v) is 4.23. The van der Waals surface area contributed by atoms with Crippen LogP contribution in [0.4, 0.5) is 5.69 Å². The van der Waals surface area contributed by atoms with E-state index < -0.39 is 5.97 Å². The molecule has 0 aliphatic rings. The van der Waals surface area contributed by atoms with E-state index in [-0.39, 0.29) is 18.6 Å². The summed E-state index contributed by atoms with van der Waals surface area (Å²) in [5.74, 6) is -0.856. The molecular formula is C19H21BrN2O3. The van der Waals surface area contributed by atoms with Crippen molar-refractivity contribution in [1.82, 2.24) is 5.32 Å². The second-order valence-electron chi connectivity index (χ2n) is 5.86. The topological polar surface area (TPSA) is 58.6 Å². The van der Waals surface area contributed by atoms with Crippen LogP contribution in [0.25, 0.3) is 0 Å². The monoisotopic (exact) mass is 404 g/mol. The molecule has 5 nitrogen and oxygen atoms in total. The third kappa shape index (κ3) is 5.60. The van der Waals surface area contributed by atoms with Gasteiger partial charge >= 0.3 is 5.97 Å². The molecule has 0 aliphatic carbocycles. The number of amides is 1. The Balaban J connectivity index is 1.84. The van der Waals surface area contributed by atoms with Crippen LogP contribution >= 0.6 is 15.9 Å². The minimum atomic E-state index is -0.517. The van der Waals surface area contributed by atoms with Crippen molar-refractivity contribution >= 4 is 33.5 Å². The van der Waals surface area contributed by atoms with Gasteiger partial charge in [-0.05, 0) is 48.9 Å². The van der Waals surface area contributed by atoms with Gasteiger partial charge in [0.1, 0.15) is 0 Å². The van der Waals surface area contributed by atoms with Gasteiger partial charge in [-0.2, -0.15) is 0 Å². The van der Waals surface area contributed by atoms with Gasteiger partial charge in [0.25, 0.3) is 5.91 Å². The summed E-state index contributed by atoms with van der Waals surface area (Å²) in [5.41, 5.74) is 2.37. The number of nitrogens with one attached hydrogen (secondary N) is 1. The lowest BCUT2D eigenvalue weighted by atomic mass is 10.1. The van der Waals surface area contributed by atoms with Gasteiger partial charge in [-0.25, -0.2) is 4.79 Å². The van der Waals surface area contributed by atoms with Crippen LogP contribution in [-0.4, -0.2) is 32.6 Å². The van der Waals surface area contributed by atoms with Crippen LogP contribution in [0.2, 0.25) is 0 Å². The standard InChI is InChI=1S/C19H21BrN2O3/c1-13(14-4-8-16(20)9-5-14)21-18(23)12-25-19(24)15-6-10-17(11-7-15)22(2)3/h4-11,13H,12H2,1-3H3,(H,21,23)/t13-/m1/s1. The largest absolute Gasteiger partial charge is 0.452 e. The third-order valence-electron chi connectivity index (χ3n) is 3.70. The van der Waals surface area contributed by atoms with Gasteiger partial charge in [-0.15, -0.1) is 0 Å². The number of nitrogens with zero attached hydrogens (tertiary/aromatic N) is 1. The molecule has 6 heteroatoms. The Hall–Kier alpha value is -2.34. The zero-order valence-electron chi connectivity index (χ0n) is 14.5. The average Bonchev–Trinajstić information content (AvgIpc) is 2.60. The van der Waals surface area contributed by atoms with Gasteiger partial charge in [0.15, 0.2) is 6.61 Å². The van der Waals surface area contributed by atoms with Crippen molar-refractivity contribution in [3.63, 3.8) is 0 Å². The van der Waals surface area contributed by atoms with Crippen LogP contribution in [0.3, 0.4) is 0 Å². The molecule has 2 rings (SSSR count). The van der Waals surface area contributed by atoms with Crippen molar-refractivity contribution in [2.45, 2.75) is 13.0 Å². The van der Waals surface area contributed by atoms with Crippen molar-refractivity contribution in [2.24, 2.45) is 0 Å². The lowest BCUT2D eigenvalue weighted by molar-refractivity contribution is -0.124. The fourth-order valence-corrected chi connectivity index (χ4v) is 2.49. The summed E-state index contributed by atoms with van der Waals surface area (Å²) in [6, 6.07) is 14.5. The number of ether oxygens (including phenoxy) is 1. The van der Waals surface area contributed by atoms with E-state index in [1.807, 2.05) is 62.3 Å². The van der Waals surface area contributed by atoms with Crippen LogP contribution < -0.4 is 10.2 Å². The lowest BCUT2D eigenvalue weighted by Crippen LogP contribution is -2.31. The molecule has 0 saturated heterocycles. The van der Waals surface area contributed by atoms with Gasteiger partial charge in [0.2, 0.25) is 0 Å². The molecule has 0 spiro atoms. The first-order valence-corrected chi connectivity index (χ1v) is 8.65. The number of hydrogen-bond donors (Lipinski definition) is 1. The van der Waals surface area contributed by atoms with Gasteiger partial charge in [-0.3, -0.25) is 4.79 Å². The van der Waals surface area contributed by atoms with Crippen LogP contribution in [0.1, 0.15) is 28.9 Å². The lowest BCUT2D eigenvalue weighted by Gasteiger charge is -2.15. The number of benzene rings is 2. The van der Waals surface area contributed by atoms with Crippen molar-refractivity contribution in [3.8, 4) is 0 Å². The fourth-order valence-electron chi connectivity index (χ4n) is 2.23. The molecule has 0 aromatic heterocycles. The first kappa shape index (κ1) is 19.0. The van der Waals surface area contributed by atoms with Crippen molar-refractivity contribution < 1.29 is 14.3 Å². The number of carbonyl (C=O) groups excluding carboxylic acids is 2. The van der Waals surface area contributed by atoms with Crippen molar-refractivity contribution in [2.75, 3.05) is 25.6 Å². The zero-order valence-corrected chi connectivity index (χ0v) is 16.0. The number of carbonyl (C=O) groups is 2. The van der Waals surface area contributed by atoms with E-state index in [1.165, 1.54) is 0 Å². The van der Waals surface area contributed by atoms with Crippen LogP contribution in [-0.2, 0) is 9.53 Å². The molecule has 0 aliphatic heterocycles. The fraction of sp³-hybridized carbons (Fsp3) is 0.263. The Morgan fingerprint density at radius 2 is 1.68 bits per heavy atom. The zero-order chi connectivity index (χ0) is 18.4. The highest BCUT2D eigenvalue weighted by atomic mass is 79.9. The van der Waals surface area contributed by atoms with Crippen LogP contribution in [0, 0.1) is 0 Å². The maximum absolute atomic E-state index is 12.0. The number of rotatable bonds is 6. The number of anilines is 1. The van der Waals surface area contributed by atoms with Crippen molar-refractivity contribution in [1.29, 1.82) is 0 Å². The highest BCUT2D eigenvalue weighted by Crippen LogP contribution is 2.16. The Labute approximate surface area is 156 Å². The maximum atomic E-state index is 12.0. The molecule has 0 saturated carbocycles. The molecule has 1 atom stereocenters. The molecule has 0 radical (unpaired) electrons. The highest BCUT2D eigenvalue weighted by Gasteiger charge is 2.13. The molecule has 1 amide bonds. The average molecular weight is 405 g/mol. The van der Waals surface area contributed by atoms with Gasteiger partial charge in [0.05, 0.1) is 11.6 Å². The summed E-state index contributed by atoms with van der Waals surface area (Å²) in [4.78, 5) is 25.9. The molecule has 0 heterocycles. The number of esters is 1. The predicted molar refractivity (Wildman–Crippen MR) is 102 cm³/mol. The molecule has 2 aromatic carbocycles. The molecule has 2 aromatic rings. The van der Waals surface area contributed by atoms with Gasteiger partial charge in [0, 0.05) is 24.3 Å². The second kappa shape index (κ2) is 8.67. The minimum absolute atomic E-state index is 0.168. The summed E-state index contributed by atoms with van der Waals surface area (Å²) in [6.07, 6.45) is 0. The quantitative estimate of drug-likeness (QED) is 0.747. The summed E-state index contributed by atoms with van der Waals surface area (Å²) in [7, 11) is 3.84. The SMILES string of the molecule is C[C@@H](NC(=O)COC(=O)c1ccc(N(C)C)cc1)c1ccc(Br)cc1. The van der Waals surface area contributed by atoms with E-state index >= 15 is 0 Å². The molecule has 0 fully saturated rings. The smallest absolute Gasteiger partial charge is 0.338 e. The Morgan fingerprint density at radius 3 is 2.24 bits per heavy atom. The highest BCUT2D eigenvalue weighted by molar-refractivity contribution is 9.10. The van der Waals surface area contributed by atoms with Gasteiger partial charge in [-0.1, -0.05) is 28.1 Å². The van der Waals surface area contributed by atoms with E-state index in [2.05, 4.69) is 21.2 Å². The molecular weight excluding hydrogens is 384 g/mol. The summed E-state index contributed by atoms with van der Waals surface area (Å²) >= 11 is 3.37. The Bertz CT molecular complexity index is 727. The Morgan fingerprint density at radius 1 is 1.08 bits per heavy atom. The first-order valence-electron chi connectivity index (χ1n) is 7.86. The normalized spacial score (nSPS) is 11.5. The van der Waals surface area contributed by atoms with Gasteiger partial charge < -0.3 is 15.0 Å². The van der Waals surface area contributed by atoms with E-state index in [4.69, 9.17) is 4.74 Å². The summed E-state index contributed by atoms with van der Waals surface area (Å²) < 4.78 is 6.05. The number of hydrogen-bond acceptors (Lipinski definition) is 4. The summed E-state index contributed by atoms with van der Waals surface area (Å²) in [5, 5.41) is 2.81. The maximum Gasteiger partial charge on any atom is 0.338 e. The van der Waals surface area contributed by atoms with Crippen LogP contribution in [0.5, 0.6) is 0 Å². The number of halogens is 1. The van der Waals surface area contributed by atoms with E-state index in [1.54, 1.807) is 12.1 Å². The van der Waals surface area contributed by atoms with Crippen LogP contribution in [0.15, 0.2) is 53.0 Å². The molecule has 0 unspecified atom stereocenters. The molecule has 132 valence electrons. The molecule has 25 heavy (non-hydrogen) atoms. The van der Waals surface area contributed by atoms with E-state index in [0.29, 0.717) is 5.56 Å². The Kier molecular flexibility index (Phi) is 6.58. The minimum Gasteiger partial charge on any atom is -0.452 e. The van der Waals surface area contributed by atoms with Crippen molar-refractivity contribution in [3.05, 3.63) is 64.1 Å². The van der Waals surface area contributed by atoms with E-state index in [9.17, 15) is 9.59 Å². The molecule has 0 bridgehead atoms. The van der Waals surface area contributed by atoms with E-state index in [0.717, 1.165) is 15.7 Å². The summed E-state index contributed by atoms with van der Waals surface area (Å²) in [6.45, 7) is 1.57. The second-order valence-corrected chi connectivity index (χ2v) is 6.77. The predicted octanol–water partition coefficient (Wildman–Crippen LogP) is 3.55.